The van der Waals surface area contributed by atoms with Crippen LogP contribution in [0.15, 0.2) is 47.4 Å². The number of rotatable bonds is 6. The third kappa shape index (κ3) is 5.15. The molecule has 0 spiro atoms. The van der Waals surface area contributed by atoms with E-state index in [1.165, 1.54) is 6.07 Å². The fraction of sp³-hybridized carbons (Fsp3) is 0.316. The summed E-state index contributed by atoms with van der Waals surface area (Å²) in [5.41, 5.74) is 1.35. The molecule has 1 amide bonds. The molecule has 2 aromatic carbocycles. The minimum atomic E-state index is -0.413. The van der Waals surface area contributed by atoms with Gasteiger partial charge in [0.05, 0.1) is 11.5 Å². The molecule has 0 saturated carbocycles. The molecule has 9 heteroatoms. The lowest BCUT2D eigenvalue weighted by Crippen LogP contribution is -2.48. The lowest BCUT2D eigenvalue weighted by atomic mass is 10.2. The molecule has 1 aliphatic rings. The normalized spacial score (nSPS) is 14.7. The Morgan fingerprint density at radius 2 is 1.96 bits per heavy atom. The summed E-state index contributed by atoms with van der Waals surface area (Å²) in [6.45, 7) is 2.81. The van der Waals surface area contributed by atoms with Gasteiger partial charge in [-0.1, -0.05) is 17.7 Å². The fourth-order valence-corrected chi connectivity index (χ4v) is 3.79. The van der Waals surface area contributed by atoms with Crippen LogP contribution in [-0.4, -0.2) is 54.7 Å². The maximum absolute atomic E-state index is 12.3. The maximum Gasteiger partial charge on any atom is 0.294 e. The van der Waals surface area contributed by atoms with Crippen molar-refractivity contribution >= 4 is 46.3 Å². The van der Waals surface area contributed by atoms with Crippen molar-refractivity contribution in [2.24, 2.45) is 0 Å². The number of anilines is 2. The molecular weight excluding hydrogens is 400 g/mol. The quantitative estimate of drug-likeness (QED) is 0.436. The topological polar surface area (TPSA) is 78.7 Å². The lowest BCUT2D eigenvalue weighted by molar-refractivity contribution is -0.384. The zero-order valence-corrected chi connectivity index (χ0v) is 17.0. The van der Waals surface area contributed by atoms with Crippen LogP contribution in [0.5, 0.6) is 0 Å². The molecule has 0 radical (unpaired) electrons. The summed E-state index contributed by atoms with van der Waals surface area (Å²) in [7, 11) is 0. The number of nitrogens with zero attached hydrogens (tertiary/aromatic N) is 3. The highest BCUT2D eigenvalue weighted by Gasteiger charge is 2.24. The van der Waals surface area contributed by atoms with Gasteiger partial charge in [-0.25, -0.2) is 0 Å². The van der Waals surface area contributed by atoms with Gasteiger partial charge >= 0.3 is 0 Å². The van der Waals surface area contributed by atoms with Crippen molar-refractivity contribution in [1.29, 1.82) is 0 Å². The predicted molar refractivity (Wildman–Crippen MR) is 114 cm³/mol. The Morgan fingerprint density at radius 1 is 1.21 bits per heavy atom. The Kier molecular flexibility index (Phi) is 6.77. The van der Waals surface area contributed by atoms with Crippen LogP contribution in [0.2, 0.25) is 5.02 Å². The van der Waals surface area contributed by atoms with E-state index in [9.17, 15) is 14.9 Å². The number of thioether (sulfide) groups is 1. The highest BCUT2D eigenvalue weighted by atomic mass is 35.5. The summed E-state index contributed by atoms with van der Waals surface area (Å²) in [5.74, 6) is -0.0656. The van der Waals surface area contributed by atoms with E-state index in [1.807, 2.05) is 40.3 Å². The van der Waals surface area contributed by atoms with Gasteiger partial charge in [0.1, 0.15) is 5.69 Å². The molecule has 0 bridgehead atoms. The zero-order valence-electron chi connectivity index (χ0n) is 15.4. The van der Waals surface area contributed by atoms with E-state index in [0.717, 1.165) is 10.6 Å². The van der Waals surface area contributed by atoms with Crippen molar-refractivity contribution in [3.63, 3.8) is 0 Å². The highest BCUT2D eigenvalue weighted by Crippen LogP contribution is 2.31. The monoisotopic (exact) mass is 420 g/mol. The summed E-state index contributed by atoms with van der Waals surface area (Å²) < 4.78 is 0. The van der Waals surface area contributed by atoms with Gasteiger partial charge in [-0.3, -0.25) is 19.8 Å². The first-order valence-electron chi connectivity index (χ1n) is 8.81. The molecule has 0 aromatic heterocycles. The van der Waals surface area contributed by atoms with Crippen molar-refractivity contribution in [3.8, 4) is 0 Å². The standard InChI is InChI=1S/C19H21ClN4O3S/c1-28-16-4-2-3-15(12-16)21-19(25)13-22-7-9-23(10-8-22)17-6-5-14(20)11-18(17)24(26)27/h2-6,11-12H,7-10,13H2,1H3,(H,21,25). The molecule has 1 saturated heterocycles. The molecule has 7 nitrogen and oxygen atoms in total. The highest BCUT2D eigenvalue weighted by molar-refractivity contribution is 7.98. The van der Waals surface area contributed by atoms with Crippen LogP contribution in [0, 0.1) is 10.1 Å². The Labute approximate surface area is 172 Å². The number of amides is 1. The van der Waals surface area contributed by atoms with Gasteiger partial charge in [0.25, 0.3) is 5.69 Å². The van der Waals surface area contributed by atoms with Crippen LogP contribution in [0.3, 0.4) is 0 Å². The molecule has 2 aromatic rings. The van der Waals surface area contributed by atoms with Crippen molar-refractivity contribution in [1.82, 2.24) is 4.90 Å². The van der Waals surface area contributed by atoms with E-state index in [2.05, 4.69) is 5.32 Å². The van der Waals surface area contributed by atoms with Gasteiger partial charge in [0.15, 0.2) is 0 Å². The van der Waals surface area contributed by atoms with E-state index in [4.69, 9.17) is 11.6 Å². The average Bonchev–Trinajstić information content (AvgIpc) is 2.68. The number of carbonyl (C=O) groups is 1. The second-order valence-electron chi connectivity index (χ2n) is 6.43. The van der Waals surface area contributed by atoms with Crippen molar-refractivity contribution < 1.29 is 9.72 Å². The number of halogens is 1. The molecule has 3 rings (SSSR count). The number of nitrogens with one attached hydrogen (secondary N) is 1. The molecule has 1 N–H and O–H groups in total. The van der Waals surface area contributed by atoms with Gasteiger partial charge in [-0.05, 0) is 36.6 Å². The van der Waals surface area contributed by atoms with E-state index in [1.54, 1.807) is 23.9 Å². The number of piperazine rings is 1. The van der Waals surface area contributed by atoms with E-state index in [0.29, 0.717) is 43.4 Å². The molecule has 0 aliphatic carbocycles. The number of nitro groups is 1. The number of hydrogen-bond acceptors (Lipinski definition) is 6. The van der Waals surface area contributed by atoms with E-state index >= 15 is 0 Å². The molecular formula is C19H21ClN4O3S. The van der Waals surface area contributed by atoms with Crippen molar-refractivity contribution in [3.05, 3.63) is 57.6 Å². The maximum atomic E-state index is 12.3. The first-order valence-corrected chi connectivity index (χ1v) is 10.4. The molecule has 1 aliphatic heterocycles. The SMILES string of the molecule is CSc1cccc(NC(=O)CN2CCN(c3ccc(Cl)cc3[N+](=O)[O-])CC2)c1. The van der Waals surface area contributed by atoms with Crippen LogP contribution in [0.25, 0.3) is 0 Å². The first kappa shape index (κ1) is 20.4. The van der Waals surface area contributed by atoms with Gasteiger partial charge in [0, 0.05) is 47.9 Å². The molecule has 0 unspecified atom stereocenters. The second-order valence-corrected chi connectivity index (χ2v) is 7.75. The number of nitro benzene ring substituents is 1. The van der Waals surface area contributed by atoms with Gasteiger partial charge in [-0.2, -0.15) is 0 Å². The predicted octanol–water partition coefficient (Wildman–Crippen LogP) is 3.73. The minimum Gasteiger partial charge on any atom is -0.363 e. The van der Waals surface area contributed by atoms with E-state index in [-0.39, 0.29) is 11.6 Å². The number of hydrogen-bond donors (Lipinski definition) is 1. The zero-order chi connectivity index (χ0) is 20.1. The van der Waals surface area contributed by atoms with Crippen LogP contribution >= 0.6 is 23.4 Å². The molecule has 1 heterocycles. The Morgan fingerprint density at radius 3 is 2.64 bits per heavy atom. The van der Waals surface area contributed by atoms with E-state index < -0.39 is 4.92 Å². The summed E-state index contributed by atoms with van der Waals surface area (Å²) in [6, 6.07) is 12.4. The first-order chi connectivity index (χ1) is 13.5. The fourth-order valence-electron chi connectivity index (χ4n) is 3.16. The van der Waals surface area contributed by atoms with Crippen LogP contribution in [-0.2, 0) is 4.79 Å². The molecule has 0 atom stereocenters. The Balaban J connectivity index is 1.55. The van der Waals surface area contributed by atoms with Gasteiger partial charge < -0.3 is 10.2 Å². The van der Waals surface area contributed by atoms with Crippen LogP contribution < -0.4 is 10.2 Å². The van der Waals surface area contributed by atoms with Crippen molar-refractivity contribution in [2.45, 2.75) is 4.90 Å². The van der Waals surface area contributed by atoms with Crippen LogP contribution in [0.4, 0.5) is 17.1 Å². The van der Waals surface area contributed by atoms with Gasteiger partial charge in [-0.15, -0.1) is 11.8 Å². The Bertz CT molecular complexity index is 872. The lowest BCUT2D eigenvalue weighted by Gasteiger charge is -2.35. The summed E-state index contributed by atoms with van der Waals surface area (Å²) in [4.78, 5) is 28.3. The third-order valence-electron chi connectivity index (χ3n) is 4.57. The smallest absolute Gasteiger partial charge is 0.294 e. The minimum absolute atomic E-state index is 0.00682. The molecule has 1 fully saturated rings. The average molecular weight is 421 g/mol. The Hall–Kier alpha value is -2.29. The number of benzene rings is 2. The largest absolute Gasteiger partial charge is 0.363 e. The van der Waals surface area contributed by atoms with Crippen molar-refractivity contribution in [2.75, 3.05) is 49.2 Å². The van der Waals surface area contributed by atoms with Crippen LogP contribution in [0.1, 0.15) is 0 Å². The molecule has 148 valence electrons. The summed E-state index contributed by atoms with van der Waals surface area (Å²) in [6.07, 6.45) is 1.99. The summed E-state index contributed by atoms with van der Waals surface area (Å²) >= 11 is 7.51. The second kappa shape index (κ2) is 9.27. The number of carbonyl (C=O) groups excluding carboxylic acids is 1. The summed E-state index contributed by atoms with van der Waals surface area (Å²) in [5, 5.41) is 14.6. The van der Waals surface area contributed by atoms with Gasteiger partial charge in [0.2, 0.25) is 5.91 Å². The third-order valence-corrected chi connectivity index (χ3v) is 5.53. The molecule has 28 heavy (non-hydrogen) atoms.